The van der Waals surface area contributed by atoms with Gasteiger partial charge in [-0.3, -0.25) is 9.59 Å². The lowest BCUT2D eigenvalue weighted by molar-refractivity contribution is -0.143. The zero-order valence-electron chi connectivity index (χ0n) is 21.2. The normalized spacial score (nSPS) is 34.6. The van der Waals surface area contributed by atoms with Crippen molar-refractivity contribution in [2.45, 2.75) is 88.5 Å². The van der Waals surface area contributed by atoms with E-state index >= 15 is 0 Å². The van der Waals surface area contributed by atoms with Crippen molar-refractivity contribution in [1.82, 2.24) is 20.9 Å². The van der Waals surface area contributed by atoms with Crippen molar-refractivity contribution in [3.63, 3.8) is 0 Å². The monoisotopic (exact) mass is 478 g/mol. The zero-order chi connectivity index (χ0) is 23.9. The van der Waals surface area contributed by atoms with E-state index in [4.69, 9.17) is 9.47 Å². The topological polar surface area (TPSA) is 91.9 Å². The van der Waals surface area contributed by atoms with Crippen LogP contribution >= 0.6 is 0 Å². The van der Waals surface area contributed by atoms with Crippen LogP contribution < -0.4 is 16.0 Å². The standard InChI is InChI=1S/C26H46N4O4/c1-33-23-7-6-19(16-24(23)34-2)26(32)30-13-9-18(10-14-30)5-3-4-11-28-25(31)22-15-20-17-27-12-8-21(20)29-22/h18-24,27,29H,3-17H2,1-2H3,(H,28,31). The van der Waals surface area contributed by atoms with Gasteiger partial charge in [-0.2, -0.15) is 0 Å². The Bertz CT molecular complexity index is 655. The van der Waals surface area contributed by atoms with Crippen LogP contribution in [0.2, 0.25) is 0 Å². The van der Waals surface area contributed by atoms with Crippen LogP contribution in [0.25, 0.3) is 0 Å². The molecule has 0 aromatic carbocycles. The predicted octanol–water partition coefficient (Wildman–Crippen LogP) is 1.68. The molecule has 1 saturated carbocycles. The molecule has 8 heteroatoms. The number of fused-ring (bicyclic) bond motifs is 1. The molecule has 0 aromatic rings. The number of piperidine rings is 2. The number of hydrogen-bond acceptors (Lipinski definition) is 6. The Morgan fingerprint density at radius 1 is 0.971 bits per heavy atom. The summed E-state index contributed by atoms with van der Waals surface area (Å²) in [5.74, 6) is 1.86. The number of nitrogens with zero attached hydrogens (tertiary/aromatic N) is 1. The Morgan fingerprint density at radius 3 is 2.50 bits per heavy atom. The minimum atomic E-state index is -0.0134. The van der Waals surface area contributed by atoms with Crippen molar-refractivity contribution in [2.75, 3.05) is 46.9 Å². The minimum Gasteiger partial charge on any atom is -0.379 e. The van der Waals surface area contributed by atoms with Gasteiger partial charge in [-0.25, -0.2) is 0 Å². The van der Waals surface area contributed by atoms with Crippen LogP contribution in [0.15, 0.2) is 0 Å². The van der Waals surface area contributed by atoms with Crippen molar-refractivity contribution in [1.29, 1.82) is 0 Å². The lowest BCUT2D eigenvalue weighted by Crippen LogP contribution is -2.46. The average molecular weight is 479 g/mol. The molecular formula is C26H46N4O4. The quantitative estimate of drug-likeness (QED) is 0.437. The van der Waals surface area contributed by atoms with E-state index in [0.29, 0.717) is 23.8 Å². The molecule has 3 N–H and O–H groups in total. The van der Waals surface area contributed by atoms with Gasteiger partial charge in [0, 0.05) is 45.8 Å². The van der Waals surface area contributed by atoms with Crippen LogP contribution in [-0.4, -0.2) is 87.9 Å². The minimum absolute atomic E-state index is 0.0134. The summed E-state index contributed by atoms with van der Waals surface area (Å²) in [6, 6.07) is 0.497. The smallest absolute Gasteiger partial charge is 0.237 e. The van der Waals surface area contributed by atoms with Crippen LogP contribution in [0.4, 0.5) is 0 Å². The van der Waals surface area contributed by atoms with Gasteiger partial charge < -0.3 is 30.3 Å². The summed E-state index contributed by atoms with van der Waals surface area (Å²) in [5, 5.41) is 10.1. The van der Waals surface area contributed by atoms with Crippen LogP contribution in [-0.2, 0) is 19.1 Å². The molecule has 194 valence electrons. The molecule has 3 aliphatic heterocycles. The maximum absolute atomic E-state index is 13.1. The molecule has 2 amide bonds. The first-order valence-corrected chi connectivity index (χ1v) is 13.7. The number of nitrogens with one attached hydrogen (secondary N) is 3. The number of hydrogen-bond donors (Lipinski definition) is 3. The fourth-order valence-corrected chi connectivity index (χ4v) is 6.64. The largest absolute Gasteiger partial charge is 0.379 e. The lowest BCUT2D eigenvalue weighted by Gasteiger charge is -2.38. The van der Waals surface area contributed by atoms with E-state index in [1.807, 2.05) is 0 Å². The molecule has 4 aliphatic rings. The van der Waals surface area contributed by atoms with Crippen LogP contribution in [0.3, 0.4) is 0 Å². The number of unbranched alkanes of at least 4 members (excludes halogenated alkanes) is 1. The molecule has 3 saturated heterocycles. The van der Waals surface area contributed by atoms with Gasteiger partial charge in [0.2, 0.25) is 11.8 Å². The molecule has 34 heavy (non-hydrogen) atoms. The zero-order valence-corrected chi connectivity index (χ0v) is 21.2. The average Bonchev–Trinajstić information content (AvgIpc) is 3.32. The molecule has 0 spiro atoms. The summed E-state index contributed by atoms with van der Waals surface area (Å²) in [4.78, 5) is 27.7. The first-order chi connectivity index (χ1) is 16.6. The first-order valence-electron chi connectivity index (χ1n) is 13.7. The van der Waals surface area contributed by atoms with E-state index < -0.39 is 0 Å². The number of rotatable bonds is 9. The Kier molecular flexibility index (Phi) is 9.62. The molecule has 8 nitrogen and oxygen atoms in total. The Morgan fingerprint density at radius 2 is 1.76 bits per heavy atom. The van der Waals surface area contributed by atoms with E-state index in [1.54, 1.807) is 14.2 Å². The van der Waals surface area contributed by atoms with Gasteiger partial charge in [-0.1, -0.05) is 12.8 Å². The van der Waals surface area contributed by atoms with Gasteiger partial charge in [0.1, 0.15) is 0 Å². The number of likely N-dealkylation sites (tertiary alicyclic amines) is 1. The SMILES string of the molecule is COC1CCC(C(=O)N2CCC(CCCCNC(=O)C3CC4CNCCC4N3)CC2)CC1OC. The van der Waals surface area contributed by atoms with Gasteiger partial charge in [0.05, 0.1) is 18.2 Å². The van der Waals surface area contributed by atoms with Crippen molar-refractivity contribution < 1.29 is 19.1 Å². The van der Waals surface area contributed by atoms with Gasteiger partial charge in [0.25, 0.3) is 0 Å². The second kappa shape index (κ2) is 12.7. The van der Waals surface area contributed by atoms with Crippen LogP contribution in [0.5, 0.6) is 0 Å². The van der Waals surface area contributed by atoms with Crippen molar-refractivity contribution >= 4 is 11.8 Å². The number of ether oxygens (including phenoxy) is 2. The summed E-state index contributed by atoms with van der Waals surface area (Å²) < 4.78 is 11.1. The molecule has 0 radical (unpaired) electrons. The number of amides is 2. The molecule has 1 aliphatic carbocycles. The molecule has 6 unspecified atom stereocenters. The molecule has 3 heterocycles. The maximum atomic E-state index is 13.1. The number of carbonyl (C=O) groups is 2. The number of methoxy groups -OCH3 is 2. The predicted molar refractivity (Wildman–Crippen MR) is 131 cm³/mol. The first kappa shape index (κ1) is 25.9. The molecule has 6 atom stereocenters. The molecule has 0 bridgehead atoms. The van der Waals surface area contributed by atoms with E-state index in [2.05, 4.69) is 20.9 Å². The van der Waals surface area contributed by atoms with Crippen molar-refractivity contribution in [3.05, 3.63) is 0 Å². The van der Waals surface area contributed by atoms with E-state index in [0.717, 1.165) is 90.5 Å². The highest BCUT2D eigenvalue weighted by atomic mass is 16.5. The number of carbonyl (C=O) groups excluding carboxylic acids is 2. The highest BCUT2D eigenvalue weighted by molar-refractivity contribution is 5.82. The van der Waals surface area contributed by atoms with Gasteiger partial charge in [0.15, 0.2) is 0 Å². The second-order valence-electron chi connectivity index (χ2n) is 10.9. The van der Waals surface area contributed by atoms with Crippen molar-refractivity contribution in [3.8, 4) is 0 Å². The van der Waals surface area contributed by atoms with Crippen LogP contribution in [0, 0.1) is 17.8 Å². The maximum Gasteiger partial charge on any atom is 0.237 e. The van der Waals surface area contributed by atoms with E-state index in [1.165, 1.54) is 6.42 Å². The Hall–Kier alpha value is -1.22. The molecule has 0 aromatic heterocycles. The van der Waals surface area contributed by atoms with Gasteiger partial charge in [-0.05, 0) is 76.3 Å². The third-order valence-corrected chi connectivity index (χ3v) is 8.83. The third-order valence-electron chi connectivity index (χ3n) is 8.83. The highest BCUT2D eigenvalue weighted by Crippen LogP contribution is 2.31. The molecular weight excluding hydrogens is 432 g/mol. The fraction of sp³-hybridized carbons (Fsp3) is 0.923. The third kappa shape index (κ3) is 6.50. The summed E-state index contributed by atoms with van der Waals surface area (Å²) in [6.45, 7) is 4.62. The van der Waals surface area contributed by atoms with E-state index in [-0.39, 0.29) is 30.1 Å². The Labute approximate surface area is 205 Å². The van der Waals surface area contributed by atoms with Gasteiger partial charge in [-0.15, -0.1) is 0 Å². The summed E-state index contributed by atoms with van der Waals surface area (Å²) in [7, 11) is 3.45. The molecule has 4 rings (SSSR count). The highest BCUT2D eigenvalue weighted by Gasteiger charge is 2.38. The Balaban J connectivity index is 1.07. The van der Waals surface area contributed by atoms with Gasteiger partial charge >= 0.3 is 0 Å². The van der Waals surface area contributed by atoms with Crippen molar-refractivity contribution in [2.24, 2.45) is 17.8 Å². The summed E-state index contributed by atoms with van der Waals surface area (Å²) in [5.41, 5.74) is 0. The fourth-order valence-electron chi connectivity index (χ4n) is 6.64. The molecule has 4 fully saturated rings. The summed E-state index contributed by atoms with van der Waals surface area (Å²) in [6.07, 6.45) is 10.4. The van der Waals surface area contributed by atoms with E-state index in [9.17, 15) is 9.59 Å². The summed E-state index contributed by atoms with van der Waals surface area (Å²) >= 11 is 0. The second-order valence-corrected chi connectivity index (χ2v) is 10.9. The van der Waals surface area contributed by atoms with Crippen LogP contribution in [0.1, 0.15) is 64.2 Å². The lowest BCUT2D eigenvalue weighted by atomic mass is 9.83.